The number of nitrogens with zero attached hydrogens (tertiary/aromatic N) is 1. The summed E-state index contributed by atoms with van der Waals surface area (Å²) in [6, 6.07) is 16.0. The van der Waals surface area contributed by atoms with Crippen molar-refractivity contribution in [1.29, 1.82) is 0 Å². The lowest BCUT2D eigenvalue weighted by Crippen LogP contribution is -2.18. The van der Waals surface area contributed by atoms with E-state index >= 15 is 0 Å². The van der Waals surface area contributed by atoms with Crippen molar-refractivity contribution in [2.24, 2.45) is 0 Å². The highest BCUT2D eigenvalue weighted by molar-refractivity contribution is 8.04. The van der Waals surface area contributed by atoms with E-state index in [9.17, 15) is 40.5 Å². The van der Waals surface area contributed by atoms with Gasteiger partial charge in [-0.25, -0.2) is 17.2 Å². The van der Waals surface area contributed by atoms with E-state index in [0.29, 0.717) is 4.90 Å². The second-order valence-corrected chi connectivity index (χ2v) is 14.1. The lowest BCUT2D eigenvalue weighted by molar-refractivity contribution is -0.385. The van der Waals surface area contributed by atoms with Gasteiger partial charge in [-0.1, -0.05) is 41.6 Å². The first-order valence-electron chi connectivity index (χ1n) is 12.5. The molecule has 0 bridgehead atoms. The quantitative estimate of drug-likeness (QED) is 0.104. The van der Waals surface area contributed by atoms with Crippen molar-refractivity contribution < 1.29 is 39.5 Å². The molecular weight excluding hydrogens is 639 g/mol. The van der Waals surface area contributed by atoms with Crippen molar-refractivity contribution in [3.63, 3.8) is 0 Å². The maximum Gasteiger partial charge on any atom is 0.339 e. The van der Waals surface area contributed by atoms with Crippen molar-refractivity contribution in [3.05, 3.63) is 122 Å². The highest BCUT2D eigenvalue weighted by atomic mass is 32.2. The van der Waals surface area contributed by atoms with Crippen LogP contribution in [0.25, 0.3) is 6.08 Å². The van der Waals surface area contributed by atoms with E-state index in [0.717, 1.165) is 47.7 Å². The molecule has 44 heavy (non-hydrogen) atoms. The molecule has 4 aromatic carbocycles. The fraction of sp³-hybridized carbons (Fsp3) is 0.0690. The average Bonchev–Trinajstić information content (AvgIpc) is 2.96. The standard InChI is InChI=1S/C29H20F2N2O8S3/c1-17-5-8-19(9-6-17)44(39,40)41-26-12-7-18(13-25(26)33(35)36)14-28-29(34)32-24-11-10-20(15-27(24)42-28)43(37,38)16-21-22(30)3-2-4-23(21)31/h2-15H,16H2,1H3,(H,32,34). The summed E-state index contributed by atoms with van der Waals surface area (Å²) in [5.41, 5.74) is -0.0471. The number of halogens is 2. The topological polar surface area (TPSA) is 150 Å². The molecule has 1 aliphatic rings. The molecule has 0 aliphatic carbocycles. The van der Waals surface area contributed by atoms with Gasteiger partial charge in [-0.05, 0) is 67.1 Å². The van der Waals surface area contributed by atoms with Gasteiger partial charge in [-0.15, -0.1) is 0 Å². The minimum atomic E-state index is -4.39. The third-order valence-corrected chi connectivity index (χ3v) is 10.4. The number of sulfone groups is 1. The first kappa shape index (κ1) is 30.8. The maximum atomic E-state index is 14.1. The SMILES string of the molecule is Cc1ccc(S(=O)(=O)Oc2ccc(C=C3Sc4cc(S(=O)(=O)Cc5c(F)cccc5F)ccc4NC3=O)cc2[N+](=O)[O-])cc1. The van der Waals surface area contributed by atoms with Gasteiger partial charge >= 0.3 is 15.8 Å². The van der Waals surface area contributed by atoms with Crippen LogP contribution in [0.3, 0.4) is 0 Å². The van der Waals surface area contributed by atoms with Gasteiger partial charge < -0.3 is 9.50 Å². The molecule has 5 rings (SSSR count). The van der Waals surface area contributed by atoms with Gasteiger partial charge in [0.2, 0.25) is 5.75 Å². The van der Waals surface area contributed by atoms with Crippen LogP contribution >= 0.6 is 11.8 Å². The Bertz CT molecular complexity index is 2060. The fourth-order valence-corrected chi connectivity index (χ4v) is 7.53. The summed E-state index contributed by atoms with van der Waals surface area (Å²) >= 11 is 0.869. The Labute approximate surface area is 254 Å². The maximum absolute atomic E-state index is 14.1. The van der Waals surface area contributed by atoms with Crippen molar-refractivity contribution in [3.8, 4) is 5.75 Å². The van der Waals surface area contributed by atoms with Gasteiger partial charge in [0, 0.05) is 16.5 Å². The van der Waals surface area contributed by atoms with Crippen LogP contribution in [-0.4, -0.2) is 27.7 Å². The number of rotatable bonds is 8. The largest absolute Gasteiger partial charge is 0.372 e. The second kappa shape index (κ2) is 11.8. The number of benzene rings is 4. The Balaban J connectivity index is 1.43. The van der Waals surface area contributed by atoms with Gasteiger partial charge in [-0.2, -0.15) is 8.42 Å². The fourth-order valence-electron chi connectivity index (χ4n) is 4.13. The van der Waals surface area contributed by atoms with E-state index in [-0.39, 0.29) is 25.9 Å². The Kier molecular flexibility index (Phi) is 8.29. The molecule has 0 radical (unpaired) electrons. The number of nitro benzene ring substituents is 1. The molecule has 0 aromatic heterocycles. The third-order valence-electron chi connectivity index (χ3n) is 6.39. The smallest absolute Gasteiger partial charge is 0.339 e. The summed E-state index contributed by atoms with van der Waals surface area (Å²) in [4.78, 5) is 23.6. The monoisotopic (exact) mass is 658 g/mol. The van der Waals surface area contributed by atoms with Crippen LogP contribution in [0.15, 0.2) is 98.5 Å². The van der Waals surface area contributed by atoms with Gasteiger partial charge in [-0.3, -0.25) is 14.9 Å². The molecule has 4 aromatic rings. The summed E-state index contributed by atoms with van der Waals surface area (Å²) in [5, 5.41) is 14.4. The number of thioether (sulfide) groups is 1. The minimum Gasteiger partial charge on any atom is -0.372 e. The van der Waals surface area contributed by atoms with Gasteiger partial charge in [0.15, 0.2) is 9.84 Å². The Morgan fingerprint density at radius 2 is 1.59 bits per heavy atom. The number of fused-ring (bicyclic) bond motifs is 1. The van der Waals surface area contributed by atoms with Crippen molar-refractivity contribution in [1.82, 2.24) is 0 Å². The molecule has 0 unspecified atom stereocenters. The molecule has 0 saturated carbocycles. The summed E-state index contributed by atoms with van der Waals surface area (Å²) in [5.74, 6) is -4.06. The molecule has 0 atom stereocenters. The highest BCUT2D eigenvalue weighted by Crippen LogP contribution is 2.41. The number of hydrogen-bond acceptors (Lipinski definition) is 9. The van der Waals surface area contributed by atoms with Crippen molar-refractivity contribution >= 4 is 55.1 Å². The van der Waals surface area contributed by atoms with Crippen LogP contribution < -0.4 is 9.50 Å². The van der Waals surface area contributed by atoms with Crippen LogP contribution in [0.5, 0.6) is 5.75 Å². The molecule has 0 fully saturated rings. The van der Waals surface area contributed by atoms with Crippen LogP contribution in [0.4, 0.5) is 20.2 Å². The number of carbonyl (C=O) groups is 1. The molecule has 1 amide bonds. The van der Waals surface area contributed by atoms with Crippen LogP contribution in [0.2, 0.25) is 0 Å². The number of nitrogens with one attached hydrogen (secondary N) is 1. The first-order chi connectivity index (χ1) is 20.7. The predicted octanol–water partition coefficient (Wildman–Crippen LogP) is 6.01. The lowest BCUT2D eigenvalue weighted by atomic mass is 10.1. The molecule has 1 aliphatic heterocycles. The third kappa shape index (κ3) is 6.49. The molecule has 226 valence electrons. The summed E-state index contributed by atoms with van der Waals surface area (Å²) < 4.78 is 84.6. The molecule has 1 heterocycles. The van der Waals surface area contributed by atoms with E-state index in [2.05, 4.69) is 5.32 Å². The Morgan fingerprint density at radius 3 is 2.25 bits per heavy atom. The number of carbonyl (C=O) groups excluding carboxylic acids is 1. The Morgan fingerprint density at radius 1 is 0.932 bits per heavy atom. The molecule has 15 heteroatoms. The second-order valence-electron chi connectivity index (χ2n) is 9.52. The van der Waals surface area contributed by atoms with Crippen molar-refractivity contribution in [2.45, 2.75) is 27.4 Å². The van der Waals surface area contributed by atoms with E-state index in [1.54, 1.807) is 19.1 Å². The molecule has 0 spiro atoms. The summed E-state index contributed by atoms with van der Waals surface area (Å²) in [7, 11) is -8.59. The number of aryl methyl sites for hydroxylation is 1. The van der Waals surface area contributed by atoms with Crippen LogP contribution in [0.1, 0.15) is 16.7 Å². The first-order valence-corrected chi connectivity index (χ1v) is 16.4. The highest BCUT2D eigenvalue weighted by Gasteiger charge is 2.27. The zero-order valence-electron chi connectivity index (χ0n) is 22.5. The number of nitro groups is 1. The lowest BCUT2D eigenvalue weighted by Gasteiger charge is -2.19. The predicted molar refractivity (Wildman–Crippen MR) is 158 cm³/mol. The van der Waals surface area contributed by atoms with Gasteiger partial charge in [0.05, 0.1) is 26.2 Å². The molecule has 1 N–H and O–H groups in total. The number of anilines is 1. The Hall–Kier alpha value is -4.60. The van der Waals surface area contributed by atoms with Crippen LogP contribution in [0, 0.1) is 28.7 Å². The van der Waals surface area contributed by atoms with Gasteiger partial charge in [0.1, 0.15) is 16.5 Å². The van der Waals surface area contributed by atoms with E-state index in [1.165, 1.54) is 42.5 Å². The van der Waals surface area contributed by atoms with E-state index in [1.807, 2.05) is 0 Å². The zero-order valence-corrected chi connectivity index (χ0v) is 24.9. The van der Waals surface area contributed by atoms with E-state index < -0.39 is 65.2 Å². The number of hydrogen-bond donors (Lipinski definition) is 1. The van der Waals surface area contributed by atoms with Crippen molar-refractivity contribution in [2.75, 3.05) is 5.32 Å². The summed E-state index contributed by atoms with van der Waals surface area (Å²) in [6.07, 6.45) is 1.30. The zero-order chi connectivity index (χ0) is 31.8. The number of amides is 1. The van der Waals surface area contributed by atoms with Gasteiger partial charge in [0.25, 0.3) is 5.91 Å². The van der Waals surface area contributed by atoms with E-state index in [4.69, 9.17) is 4.18 Å². The molecule has 10 nitrogen and oxygen atoms in total. The molecular formula is C29H20F2N2O8S3. The molecule has 0 saturated heterocycles. The average molecular weight is 659 g/mol. The van der Waals surface area contributed by atoms with Crippen LogP contribution in [-0.2, 0) is 30.5 Å². The normalized spacial score (nSPS) is 14.2. The minimum absolute atomic E-state index is 0.0300. The summed E-state index contributed by atoms with van der Waals surface area (Å²) in [6.45, 7) is 1.76.